The molecule has 0 aliphatic carbocycles. The van der Waals surface area contributed by atoms with Crippen molar-refractivity contribution in [2.75, 3.05) is 7.05 Å². The predicted molar refractivity (Wildman–Crippen MR) is 80.2 cm³/mol. The van der Waals surface area contributed by atoms with Crippen molar-refractivity contribution in [2.45, 2.75) is 69.6 Å². The lowest BCUT2D eigenvalue weighted by atomic mass is 10.1. The second-order valence-electron chi connectivity index (χ2n) is 6.07. The van der Waals surface area contributed by atoms with Crippen LogP contribution in [0.3, 0.4) is 0 Å². The van der Waals surface area contributed by atoms with Crippen molar-refractivity contribution in [3.05, 3.63) is 0 Å². The number of carboxylic acid groups (broad SMARTS) is 1. The fraction of sp³-hybridized carbons (Fsp3) is 0.800. The number of nitrogens with zero attached hydrogens (tertiary/aromatic N) is 1. The van der Waals surface area contributed by atoms with Gasteiger partial charge in [-0.05, 0) is 45.6 Å². The third kappa shape index (κ3) is 3.24. The van der Waals surface area contributed by atoms with E-state index in [0.29, 0.717) is 19.3 Å². The Balaban J connectivity index is 2.11. The molecule has 0 aromatic heterocycles. The average molecular weight is 311 g/mol. The molecule has 2 fully saturated rings. The Bertz CT molecular complexity index is 450. The summed E-state index contributed by atoms with van der Waals surface area (Å²) in [5.74, 6) is -1.40. The number of likely N-dealkylation sites (N-methyl/N-ethyl adjacent to an activating group) is 1. The van der Waals surface area contributed by atoms with Gasteiger partial charge in [-0.3, -0.25) is 9.59 Å². The van der Waals surface area contributed by atoms with Gasteiger partial charge in [0, 0.05) is 6.04 Å². The predicted octanol–water partition coefficient (Wildman–Crippen LogP) is 0.0973. The number of amides is 2. The van der Waals surface area contributed by atoms with E-state index in [1.807, 2.05) is 6.92 Å². The largest absolute Gasteiger partial charge is 0.480 e. The normalized spacial score (nSPS) is 29.6. The summed E-state index contributed by atoms with van der Waals surface area (Å²) in [6, 6.07) is -1.69. The van der Waals surface area contributed by atoms with Gasteiger partial charge in [-0.25, -0.2) is 4.79 Å². The molecule has 0 saturated carbocycles. The molecule has 0 spiro atoms. The first-order chi connectivity index (χ1) is 10.5. The molecule has 2 aliphatic heterocycles. The molecular weight excluding hydrogens is 286 g/mol. The van der Waals surface area contributed by atoms with Crippen molar-refractivity contribution in [1.82, 2.24) is 15.5 Å². The molecule has 2 rings (SSSR count). The van der Waals surface area contributed by atoms with Gasteiger partial charge in [0.25, 0.3) is 0 Å². The van der Waals surface area contributed by atoms with Crippen LogP contribution in [-0.2, 0) is 14.4 Å². The van der Waals surface area contributed by atoms with Crippen LogP contribution in [0.2, 0.25) is 0 Å². The molecule has 2 saturated heterocycles. The minimum absolute atomic E-state index is 0.00164. The van der Waals surface area contributed by atoms with E-state index in [9.17, 15) is 19.5 Å². The Morgan fingerprint density at radius 1 is 1.32 bits per heavy atom. The summed E-state index contributed by atoms with van der Waals surface area (Å²) in [5, 5.41) is 15.0. The Morgan fingerprint density at radius 3 is 2.64 bits per heavy atom. The zero-order chi connectivity index (χ0) is 16.3. The van der Waals surface area contributed by atoms with Crippen molar-refractivity contribution in [3.8, 4) is 0 Å². The maximum atomic E-state index is 12.7. The van der Waals surface area contributed by atoms with Crippen LogP contribution in [0, 0.1) is 0 Å². The first-order valence-corrected chi connectivity index (χ1v) is 8.02. The monoisotopic (exact) mass is 311 g/mol. The quantitative estimate of drug-likeness (QED) is 0.669. The number of carbonyl (C=O) groups excluding carboxylic acids is 2. The van der Waals surface area contributed by atoms with Crippen LogP contribution in [0.5, 0.6) is 0 Å². The van der Waals surface area contributed by atoms with E-state index in [1.165, 1.54) is 4.90 Å². The summed E-state index contributed by atoms with van der Waals surface area (Å²) in [6.07, 6.45) is 4.07. The Hall–Kier alpha value is -1.63. The molecular formula is C15H25N3O4. The van der Waals surface area contributed by atoms with Crippen molar-refractivity contribution >= 4 is 17.8 Å². The van der Waals surface area contributed by atoms with E-state index < -0.39 is 18.1 Å². The molecule has 2 heterocycles. The van der Waals surface area contributed by atoms with Crippen molar-refractivity contribution in [1.29, 1.82) is 0 Å². The number of carboxylic acids is 1. The highest BCUT2D eigenvalue weighted by molar-refractivity contribution is 5.92. The second kappa shape index (κ2) is 7.09. The highest BCUT2D eigenvalue weighted by Crippen LogP contribution is 2.31. The standard InChI is InChI=1S/C15H25N3O4/c1-3-10(16-2)13(19)17-11-6-4-5-9-7-8-12(15(21)22)18(9)14(11)20/h9-12,16H,3-8H2,1-2H3,(H,17,19)(H,21,22). The van der Waals surface area contributed by atoms with E-state index in [0.717, 1.165) is 19.3 Å². The maximum absolute atomic E-state index is 12.7. The Kier molecular flexibility index (Phi) is 5.39. The highest BCUT2D eigenvalue weighted by Gasteiger charge is 2.44. The number of nitrogens with one attached hydrogen (secondary N) is 2. The Morgan fingerprint density at radius 2 is 2.05 bits per heavy atom. The van der Waals surface area contributed by atoms with E-state index in [1.54, 1.807) is 7.05 Å². The zero-order valence-corrected chi connectivity index (χ0v) is 13.2. The van der Waals surface area contributed by atoms with E-state index in [-0.39, 0.29) is 23.9 Å². The van der Waals surface area contributed by atoms with Crippen LogP contribution in [0.15, 0.2) is 0 Å². The third-order valence-electron chi connectivity index (χ3n) is 4.76. The minimum Gasteiger partial charge on any atom is -0.480 e. The minimum atomic E-state index is -0.954. The van der Waals surface area contributed by atoms with Crippen molar-refractivity contribution < 1.29 is 19.5 Å². The fourth-order valence-electron chi connectivity index (χ4n) is 3.53. The molecule has 4 atom stereocenters. The van der Waals surface area contributed by atoms with Crippen molar-refractivity contribution in [3.63, 3.8) is 0 Å². The molecule has 22 heavy (non-hydrogen) atoms. The molecule has 2 amide bonds. The van der Waals surface area contributed by atoms with Crippen LogP contribution >= 0.6 is 0 Å². The van der Waals surface area contributed by atoms with Gasteiger partial charge in [0.2, 0.25) is 11.8 Å². The molecule has 0 radical (unpaired) electrons. The summed E-state index contributed by atoms with van der Waals surface area (Å²) < 4.78 is 0. The molecule has 4 unspecified atom stereocenters. The van der Waals surface area contributed by atoms with Gasteiger partial charge in [-0.1, -0.05) is 6.92 Å². The summed E-state index contributed by atoms with van der Waals surface area (Å²) in [4.78, 5) is 37.7. The van der Waals surface area contributed by atoms with Crippen LogP contribution in [-0.4, -0.2) is 59.0 Å². The summed E-state index contributed by atoms with van der Waals surface area (Å²) in [5.41, 5.74) is 0. The average Bonchev–Trinajstić information content (AvgIpc) is 2.84. The van der Waals surface area contributed by atoms with Gasteiger partial charge in [0.1, 0.15) is 12.1 Å². The Labute approximate surface area is 130 Å². The smallest absolute Gasteiger partial charge is 0.326 e. The maximum Gasteiger partial charge on any atom is 0.326 e. The molecule has 3 N–H and O–H groups in total. The third-order valence-corrected chi connectivity index (χ3v) is 4.76. The molecule has 2 aliphatic rings. The number of hydrogen-bond acceptors (Lipinski definition) is 4. The van der Waals surface area contributed by atoms with E-state index in [2.05, 4.69) is 10.6 Å². The summed E-state index contributed by atoms with van der Waals surface area (Å²) in [7, 11) is 1.71. The number of aliphatic carboxylic acids is 1. The van der Waals surface area contributed by atoms with Gasteiger partial charge in [0.05, 0.1) is 6.04 Å². The lowest BCUT2D eigenvalue weighted by Gasteiger charge is -2.29. The van der Waals surface area contributed by atoms with E-state index >= 15 is 0 Å². The van der Waals surface area contributed by atoms with Crippen LogP contribution in [0.4, 0.5) is 0 Å². The first-order valence-electron chi connectivity index (χ1n) is 8.02. The number of fused-ring (bicyclic) bond motifs is 1. The van der Waals surface area contributed by atoms with Gasteiger partial charge in [-0.2, -0.15) is 0 Å². The molecule has 7 heteroatoms. The lowest BCUT2D eigenvalue weighted by molar-refractivity contribution is -0.150. The fourth-order valence-corrected chi connectivity index (χ4v) is 3.53. The molecule has 7 nitrogen and oxygen atoms in total. The molecule has 0 aromatic carbocycles. The first kappa shape index (κ1) is 16.7. The van der Waals surface area contributed by atoms with Crippen LogP contribution < -0.4 is 10.6 Å². The number of hydrogen-bond donors (Lipinski definition) is 3. The van der Waals surface area contributed by atoms with Crippen LogP contribution in [0.1, 0.15) is 45.4 Å². The van der Waals surface area contributed by atoms with Gasteiger partial charge in [-0.15, -0.1) is 0 Å². The van der Waals surface area contributed by atoms with Gasteiger partial charge in [0.15, 0.2) is 0 Å². The molecule has 0 bridgehead atoms. The number of carbonyl (C=O) groups is 3. The SMILES string of the molecule is CCC(NC)C(=O)NC1CCCC2CCC(C(=O)O)N2C1=O. The second-order valence-corrected chi connectivity index (χ2v) is 6.07. The topological polar surface area (TPSA) is 98.7 Å². The van der Waals surface area contributed by atoms with Crippen LogP contribution in [0.25, 0.3) is 0 Å². The summed E-state index contributed by atoms with van der Waals surface area (Å²) >= 11 is 0. The van der Waals surface area contributed by atoms with Gasteiger partial charge < -0.3 is 20.6 Å². The number of rotatable bonds is 5. The highest BCUT2D eigenvalue weighted by atomic mass is 16.4. The molecule has 0 aromatic rings. The van der Waals surface area contributed by atoms with E-state index in [4.69, 9.17) is 0 Å². The van der Waals surface area contributed by atoms with Crippen molar-refractivity contribution in [2.24, 2.45) is 0 Å². The lowest BCUT2D eigenvalue weighted by Crippen LogP contribution is -2.55. The molecule has 124 valence electrons. The summed E-state index contributed by atoms with van der Waals surface area (Å²) in [6.45, 7) is 1.90. The zero-order valence-electron chi connectivity index (χ0n) is 13.2. The van der Waals surface area contributed by atoms with Gasteiger partial charge >= 0.3 is 5.97 Å².